The number of nitrogens with zero attached hydrogens (tertiary/aromatic N) is 2. The van der Waals surface area contributed by atoms with Crippen molar-refractivity contribution < 1.29 is 9.53 Å². The molecule has 5 nitrogen and oxygen atoms in total. The van der Waals surface area contributed by atoms with Crippen LogP contribution >= 0.6 is 11.3 Å². The fourth-order valence-corrected chi connectivity index (χ4v) is 3.17. The molecule has 0 aliphatic rings. The first-order valence-electron chi connectivity index (χ1n) is 7.36. The zero-order chi connectivity index (χ0) is 16.2. The van der Waals surface area contributed by atoms with Crippen molar-refractivity contribution in [3.8, 4) is 0 Å². The number of ether oxygens (including phenoxy) is 1. The third-order valence-electron chi connectivity index (χ3n) is 3.61. The van der Waals surface area contributed by atoms with E-state index in [0.717, 1.165) is 5.56 Å². The molecule has 6 heteroatoms. The van der Waals surface area contributed by atoms with E-state index >= 15 is 0 Å². The van der Waals surface area contributed by atoms with E-state index in [2.05, 4.69) is 4.98 Å². The molecule has 0 saturated heterocycles. The van der Waals surface area contributed by atoms with Crippen LogP contribution in [0.3, 0.4) is 0 Å². The molecule has 2 heterocycles. The summed E-state index contributed by atoms with van der Waals surface area (Å²) in [5, 5.41) is 1.79. The molecule has 0 bridgehead atoms. The van der Waals surface area contributed by atoms with Crippen LogP contribution in [0.2, 0.25) is 0 Å². The number of fused-ring (bicyclic) bond motifs is 1. The van der Waals surface area contributed by atoms with Gasteiger partial charge in [0.05, 0.1) is 11.6 Å². The second-order valence-corrected chi connectivity index (χ2v) is 5.99. The molecule has 0 amide bonds. The average Bonchev–Trinajstić information content (AvgIpc) is 3.04. The maximum atomic E-state index is 12.3. The standard InChI is InChI=1S/C17H16N2O3S/c1-2-14(12-6-4-3-5-7-12)16(21)22-11-13-10-15(20)19-8-9-23-17(19)18-13/h3-10,14H,2,11H2,1H3. The fourth-order valence-electron chi connectivity index (χ4n) is 2.43. The Morgan fingerprint density at radius 2 is 2.13 bits per heavy atom. The lowest BCUT2D eigenvalue weighted by Gasteiger charge is -2.14. The van der Waals surface area contributed by atoms with Crippen LogP contribution in [0.5, 0.6) is 0 Å². The van der Waals surface area contributed by atoms with Gasteiger partial charge in [-0.2, -0.15) is 0 Å². The van der Waals surface area contributed by atoms with E-state index in [-0.39, 0.29) is 24.1 Å². The molecule has 3 aromatic rings. The van der Waals surface area contributed by atoms with Crippen LogP contribution in [-0.2, 0) is 16.1 Å². The molecule has 0 aliphatic heterocycles. The van der Waals surface area contributed by atoms with Gasteiger partial charge in [-0.3, -0.25) is 14.0 Å². The maximum absolute atomic E-state index is 12.3. The topological polar surface area (TPSA) is 60.7 Å². The van der Waals surface area contributed by atoms with Crippen LogP contribution in [0.25, 0.3) is 4.96 Å². The van der Waals surface area contributed by atoms with Gasteiger partial charge in [-0.15, -0.1) is 11.3 Å². The van der Waals surface area contributed by atoms with Crippen molar-refractivity contribution in [2.24, 2.45) is 0 Å². The molecule has 1 atom stereocenters. The van der Waals surface area contributed by atoms with Gasteiger partial charge in [0, 0.05) is 17.6 Å². The first-order chi connectivity index (χ1) is 11.2. The highest BCUT2D eigenvalue weighted by atomic mass is 32.1. The minimum absolute atomic E-state index is 0.00576. The van der Waals surface area contributed by atoms with Crippen molar-refractivity contribution in [3.05, 3.63) is 69.6 Å². The predicted octanol–water partition coefficient (Wildman–Crippen LogP) is 2.99. The number of carbonyl (C=O) groups is 1. The van der Waals surface area contributed by atoms with E-state index in [1.165, 1.54) is 21.8 Å². The SMILES string of the molecule is CCC(C(=O)OCc1cc(=O)n2ccsc2n1)c1ccccc1. The summed E-state index contributed by atoms with van der Waals surface area (Å²) in [5.41, 5.74) is 1.23. The van der Waals surface area contributed by atoms with E-state index < -0.39 is 0 Å². The number of hydrogen-bond donors (Lipinski definition) is 0. The first kappa shape index (κ1) is 15.4. The first-order valence-corrected chi connectivity index (χ1v) is 8.24. The third-order valence-corrected chi connectivity index (χ3v) is 4.37. The predicted molar refractivity (Wildman–Crippen MR) is 88.6 cm³/mol. The summed E-state index contributed by atoms with van der Waals surface area (Å²) in [6.07, 6.45) is 2.33. The highest BCUT2D eigenvalue weighted by molar-refractivity contribution is 7.15. The molecule has 1 aromatic carbocycles. The summed E-state index contributed by atoms with van der Waals surface area (Å²) in [7, 11) is 0. The minimum atomic E-state index is -0.303. The normalized spacial score (nSPS) is 12.2. The molecule has 1 unspecified atom stereocenters. The van der Waals surface area contributed by atoms with Gasteiger partial charge >= 0.3 is 5.97 Å². The van der Waals surface area contributed by atoms with Crippen LogP contribution in [0, 0.1) is 0 Å². The van der Waals surface area contributed by atoms with Crippen LogP contribution < -0.4 is 5.56 Å². The lowest BCUT2D eigenvalue weighted by atomic mass is 9.97. The maximum Gasteiger partial charge on any atom is 0.313 e. The molecule has 0 fully saturated rings. The summed E-state index contributed by atoms with van der Waals surface area (Å²) in [5.74, 6) is -0.602. The Morgan fingerprint density at radius 3 is 2.87 bits per heavy atom. The van der Waals surface area contributed by atoms with Crippen molar-refractivity contribution in [1.29, 1.82) is 0 Å². The Bertz CT molecular complexity index is 870. The Morgan fingerprint density at radius 1 is 1.35 bits per heavy atom. The van der Waals surface area contributed by atoms with Gasteiger partial charge in [0.25, 0.3) is 5.56 Å². The summed E-state index contributed by atoms with van der Waals surface area (Å²) in [6, 6.07) is 10.9. The lowest BCUT2D eigenvalue weighted by Crippen LogP contribution is -2.18. The molecule has 23 heavy (non-hydrogen) atoms. The zero-order valence-electron chi connectivity index (χ0n) is 12.6. The molecule has 0 N–H and O–H groups in total. The fraction of sp³-hybridized carbons (Fsp3) is 0.235. The minimum Gasteiger partial charge on any atom is -0.459 e. The van der Waals surface area contributed by atoms with Gasteiger partial charge in [0.15, 0.2) is 4.96 Å². The average molecular weight is 328 g/mol. The Balaban J connectivity index is 1.73. The Labute approximate surface area is 137 Å². The van der Waals surface area contributed by atoms with Crippen molar-refractivity contribution >= 4 is 22.3 Å². The number of thiazole rings is 1. The second-order valence-electron chi connectivity index (χ2n) is 5.12. The molecule has 3 rings (SSSR count). The molecule has 0 aliphatic carbocycles. The summed E-state index contributed by atoms with van der Waals surface area (Å²) in [6.45, 7) is 1.95. The number of rotatable bonds is 5. The molecule has 118 valence electrons. The number of aromatic nitrogens is 2. The molecule has 0 radical (unpaired) electrons. The lowest BCUT2D eigenvalue weighted by molar-refractivity contribution is -0.147. The molecule has 0 saturated carbocycles. The van der Waals surface area contributed by atoms with E-state index in [0.29, 0.717) is 17.1 Å². The molecular weight excluding hydrogens is 312 g/mol. The van der Waals surface area contributed by atoms with Gasteiger partial charge < -0.3 is 4.74 Å². The molecule has 0 spiro atoms. The van der Waals surface area contributed by atoms with Crippen molar-refractivity contribution in [1.82, 2.24) is 9.38 Å². The molecular formula is C17H16N2O3S. The smallest absolute Gasteiger partial charge is 0.313 e. The van der Waals surface area contributed by atoms with E-state index in [1.807, 2.05) is 37.3 Å². The Kier molecular flexibility index (Phi) is 4.52. The van der Waals surface area contributed by atoms with Gasteiger partial charge in [-0.25, -0.2) is 4.98 Å². The van der Waals surface area contributed by atoms with E-state index in [9.17, 15) is 9.59 Å². The van der Waals surface area contributed by atoms with E-state index in [1.54, 1.807) is 11.6 Å². The summed E-state index contributed by atoms with van der Waals surface area (Å²) in [4.78, 5) is 29.1. The second kappa shape index (κ2) is 6.75. The highest BCUT2D eigenvalue weighted by Crippen LogP contribution is 2.21. The Hall–Kier alpha value is -2.47. The van der Waals surface area contributed by atoms with Gasteiger partial charge in [-0.1, -0.05) is 37.3 Å². The number of carbonyl (C=O) groups excluding carboxylic acids is 1. The molecule has 2 aromatic heterocycles. The number of benzene rings is 1. The largest absolute Gasteiger partial charge is 0.459 e. The quantitative estimate of drug-likeness (QED) is 0.676. The van der Waals surface area contributed by atoms with Crippen LogP contribution in [0.15, 0.2) is 52.8 Å². The highest BCUT2D eigenvalue weighted by Gasteiger charge is 2.20. The monoisotopic (exact) mass is 328 g/mol. The van der Waals surface area contributed by atoms with Crippen molar-refractivity contribution in [2.45, 2.75) is 25.9 Å². The summed E-state index contributed by atoms with van der Waals surface area (Å²) >= 11 is 1.37. The zero-order valence-corrected chi connectivity index (χ0v) is 13.5. The van der Waals surface area contributed by atoms with Gasteiger partial charge in [0.2, 0.25) is 0 Å². The summed E-state index contributed by atoms with van der Waals surface area (Å²) < 4.78 is 6.84. The van der Waals surface area contributed by atoms with Gasteiger partial charge in [-0.05, 0) is 12.0 Å². The van der Waals surface area contributed by atoms with Crippen LogP contribution in [-0.4, -0.2) is 15.4 Å². The van der Waals surface area contributed by atoms with Crippen molar-refractivity contribution in [2.75, 3.05) is 0 Å². The van der Waals surface area contributed by atoms with Crippen LogP contribution in [0.1, 0.15) is 30.5 Å². The van der Waals surface area contributed by atoms with Crippen molar-refractivity contribution in [3.63, 3.8) is 0 Å². The van der Waals surface area contributed by atoms with Gasteiger partial charge in [0.1, 0.15) is 6.61 Å². The number of hydrogen-bond acceptors (Lipinski definition) is 5. The van der Waals surface area contributed by atoms with Crippen LogP contribution in [0.4, 0.5) is 0 Å². The third kappa shape index (κ3) is 3.32. The van der Waals surface area contributed by atoms with E-state index in [4.69, 9.17) is 4.74 Å². The number of esters is 1.